The summed E-state index contributed by atoms with van der Waals surface area (Å²) in [6, 6.07) is 9.90. The zero-order chi connectivity index (χ0) is 17.1. The lowest BCUT2D eigenvalue weighted by Gasteiger charge is -2.14. The summed E-state index contributed by atoms with van der Waals surface area (Å²) in [4.78, 5) is -0.818. The first-order valence-corrected chi connectivity index (χ1v) is 8.14. The van der Waals surface area contributed by atoms with Gasteiger partial charge in [0.05, 0.1) is 17.1 Å². The van der Waals surface area contributed by atoms with Crippen molar-refractivity contribution in [2.24, 2.45) is 0 Å². The number of halogens is 3. The molecule has 0 saturated heterocycles. The molecule has 0 aliphatic rings. The van der Waals surface area contributed by atoms with Gasteiger partial charge in [-0.3, -0.25) is 4.72 Å². The van der Waals surface area contributed by atoms with Crippen molar-refractivity contribution in [2.45, 2.75) is 18.0 Å². The van der Waals surface area contributed by atoms with Gasteiger partial charge in [-0.25, -0.2) is 8.42 Å². The normalized spacial score (nSPS) is 12.0. The van der Waals surface area contributed by atoms with Crippen LogP contribution in [0.15, 0.2) is 53.4 Å². The first-order valence-electron chi connectivity index (χ1n) is 6.66. The lowest BCUT2D eigenvalue weighted by Crippen LogP contribution is -2.18. The molecular formula is C15H14F3NO3S. The van der Waals surface area contributed by atoms with E-state index in [0.717, 1.165) is 18.2 Å². The highest BCUT2D eigenvalue weighted by Crippen LogP contribution is 2.34. The van der Waals surface area contributed by atoms with Gasteiger partial charge in [0.1, 0.15) is 5.75 Å². The molecule has 0 atom stereocenters. The smallest absolute Gasteiger partial charge is 0.417 e. The number of benzene rings is 2. The lowest BCUT2D eigenvalue weighted by atomic mass is 10.2. The number of rotatable bonds is 5. The van der Waals surface area contributed by atoms with Crippen LogP contribution < -0.4 is 9.46 Å². The molecule has 0 bridgehead atoms. The number of alkyl halides is 3. The zero-order valence-corrected chi connectivity index (χ0v) is 12.9. The third-order valence-electron chi connectivity index (χ3n) is 2.90. The average Bonchev–Trinajstić information content (AvgIpc) is 2.48. The van der Waals surface area contributed by atoms with Crippen LogP contribution in [0, 0.1) is 0 Å². The van der Waals surface area contributed by atoms with Crippen LogP contribution in [0.25, 0.3) is 0 Å². The summed E-state index contributed by atoms with van der Waals surface area (Å²) in [5.74, 6) is 0.533. The predicted octanol–water partition coefficient (Wildman–Crippen LogP) is 3.90. The Morgan fingerprint density at radius 3 is 2.22 bits per heavy atom. The average molecular weight is 345 g/mol. The molecule has 2 rings (SSSR count). The molecule has 4 nitrogen and oxygen atoms in total. The van der Waals surface area contributed by atoms with Crippen molar-refractivity contribution in [2.75, 3.05) is 11.3 Å². The second-order valence-corrected chi connectivity index (χ2v) is 6.21. The highest BCUT2D eigenvalue weighted by atomic mass is 32.2. The topological polar surface area (TPSA) is 55.4 Å². The van der Waals surface area contributed by atoms with E-state index in [2.05, 4.69) is 4.72 Å². The maximum atomic E-state index is 12.9. The van der Waals surface area contributed by atoms with Gasteiger partial charge in [0.2, 0.25) is 0 Å². The molecule has 124 valence electrons. The summed E-state index contributed by atoms with van der Waals surface area (Å²) in [6.45, 7) is 2.24. The van der Waals surface area contributed by atoms with E-state index < -0.39 is 26.7 Å². The van der Waals surface area contributed by atoms with E-state index >= 15 is 0 Å². The highest BCUT2D eigenvalue weighted by molar-refractivity contribution is 7.92. The van der Waals surface area contributed by atoms with Gasteiger partial charge >= 0.3 is 6.18 Å². The van der Waals surface area contributed by atoms with Crippen LogP contribution in [0.3, 0.4) is 0 Å². The Morgan fingerprint density at radius 1 is 1.04 bits per heavy atom. The van der Waals surface area contributed by atoms with Crippen molar-refractivity contribution >= 4 is 15.7 Å². The van der Waals surface area contributed by atoms with Crippen LogP contribution in [-0.2, 0) is 16.2 Å². The first kappa shape index (κ1) is 17.1. The second kappa shape index (κ2) is 6.49. The summed E-state index contributed by atoms with van der Waals surface area (Å²) in [5.41, 5.74) is -1.07. The molecule has 0 aliphatic heterocycles. The summed E-state index contributed by atoms with van der Waals surface area (Å²) < 4.78 is 70.7. The molecule has 0 unspecified atom stereocenters. The van der Waals surface area contributed by atoms with Crippen LogP contribution in [0.5, 0.6) is 5.75 Å². The SMILES string of the molecule is CCOc1ccc(NS(=O)(=O)c2ccccc2C(F)(F)F)cc1. The van der Waals surface area contributed by atoms with Gasteiger partial charge in [-0.1, -0.05) is 12.1 Å². The Labute approximate surface area is 132 Å². The van der Waals surface area contributed by atoms with Crippen molar-refractivity contribution in [1.29, 1.82) is 0 Å². The predicted molar refractivity (Wildman–Crippen MR) is 79.9 cm³/mol. The molecule has 0 radical (unpaired) electrons. The van der Waals surface area contributed by atoms with Crippen LogP contribution >= 0.6 is 0 Å². The van der Waals surface area contributed by atoms with E-state index in [1.54, 1.807) is 6.92 Å². The van der Waals surface area contributed by atoms with Gasteiger partial charge in [0.25, 0.3) is 10.0 Å². The molecule has 2 aromatic carbocycles. The Morgan fingerprint density at radius 2 is 1.65 bits per heavy atom. The summed E-state index contributed by atoms with van der Waals surface area (Å²) in [5, 5.41) is 0. The van der Waals surface area contributed by atoms with Crippen LogP contribution in [0.1, 0.15) is 12.5 Å². The van der Waals surface area contributed by atoms with E-state index in [9.17, 15) is 21.6 Å². The molecule has 0 heterocycles. The third kappa shape index (κ3) is 4.16. The summed E-state index contributed by atoms with van der Waals surface area (Å²) >= 11 is 0. The fraction of sp³-hybridized carbons (Fsp3) is 0.200. The number of ether oxygens (including phenoxy) is 1. The van der Waals surface area contributed by atoms with Crippen molar-refractivity contribution in [3.05, 3.63) is 54.1 Å². The molecule has 0 amide bonds. The zero-order valence-electron chi connectivity index (χ0n) is 12.1. The molecule has 2 aromatic rings. The fourth-order valence-electron chi connectivity index (χ4n) is 1.93. The Kier molecular flexibility index (Phi) is 4.84. The van der Waals surface area contributed by atoms with Gasteiger partial charge in [-0.05, 0) is 43.3 Å². The highest BCUT2D eigenvalue weighted by Gasteiger charge is 2.36. The Bertz CT molecular complexity index is 771. The van der Waals surface area contributed by atoms with Crippen LogP contribution in [-0.4, -0.2) is 15.0 Å². The molecule has 1 N–H and O–H groups in total. The van der Waals surface area contributed by atoms with Crippen molar-refractivity contribution in [3.8, 4) is 5.75 Å². The van der Waals surface area contributed by atoms with E-state index in [1.807, 2.05) is 0 Å². The maximum absolute atomic E-state index is 12.9. The number of hydrogen-bond donors (Lipinski definition) is 1. The van der Waals surface area contributed by atoms with Gasteiger partial charge < -0.3 is 4.74 Å². The van der Waals surface area contributed by atoms with Gasteiger partial charge in [-0.15, -0.1) is 0 Å². The molecule has 0 fully saturated rings. The summed E-state index contributed by atoms with van der Waals surface area (Å²) in [6.07, 6.45) is -4.76. The molecule has 23 heavy (non-hydrogen) atoms. The van der Waals surface area contributed by atoms with Crippen LogP contribution in [0.4, 0.5) is 18.9 Å². The third-order valence-corrected chi connectivity index (χ3v) is 4.34. The fourth-order valence-corrected chi connectivity index (χ4v) is 3.22. The minimum absolute atomic E-state index is 0.144. The molecule has 0 saturated carbocycles. The lowest BCUT2D eigenvalue weighted by molar-refractivity contribution is -0.139. The standard InChI is InChI=1S/C15H14F3NO3S/c1-2-22-12-9-7-11(8-10-12)19-23(20,21)14-6-4-3-5-13(14)15(16,17)18/h3-10,19H,2H2,1H3. The number of nitrogens with one attached hydrogen (secondary N) is 1. The number of sulfonamides is 1. The molecular weight excluding hydrogens is 331 g/mol. The first-order chi connectivity index (χ1) is 10.7. The number of anilines is 1. The van der Waals surface area contributed by atoms with Crippen LogP contribution in [0.2, 0.25) is 0 Å². The quantitative estimate of drug-likeness (QED) is 0.894. The van der Waals surface area contributed by atoms with Crippen molar-refractivity contribution in [1.82, 2.24) is 0 Å². The largest absolute Gasteiger partial charge is 0.494 e. The maximum Gasteiger partial charge on any atom is 0.417 e. The monoisotopic (exact) mass is 345 g/mol. The Balaban J connectivity index is 2.33. The molecule has 0 spiro atoms. The van der Waals surface area contributed by atoms with Crippen molar-refractivity contribution in [3.63, 3.8) is 0 Å². The molecule has 0 aliphatic carbocycles. The minimum atomic E-state index is -4.76. The molecule has 8 heteroatoms. The van der Waals surface area contributed by atoms with Gasteiger partial charge in [0.15, 0.2) is 0 Å². The summed E-state index contributed by atoms with van der Waals surface area (Å²) in [7, 11) is -4.36. The van der Waals surface area contributed by atoms with E-state index in [4.69, 9.17) is 4.74 Å². The van der Waals surface area contributed by atoms with E-state index in [0.29, 0.717) is 12.4 Å². The number of hydrogen-bond acceptors (Lipinski definition) is 3. The van der Waals surface area contributed by atoms with E-state index in [-0.39, 0.29) is 5.69 Å². The Hall–Kier alpha value is -2.22. The van der Waals surface area contributed by atoms with Crippen molar-refractivity contribution < 1.29 is 26.3 Å². The second-order valence-electron chi connectivity index (χ2n) is 4.56. The minimum Gasteiger partial charge on any atom is -0.494 e. The van der Waals surface area contributed by atoms with Gasteiger partial charge in [-0.2, -0.15) is 13.2 Å². The molecule has 0 aromatic heterocycles. The van der Waals surface area contributed by atoms with E-state index in [1.165, 1.54) is 30.3 Å². The van der Waals surface area contributed by atoms with Gasteiger partial charge in [0, 0.05) is 5.69 Å².